The van der Waals surface area contributed by atoms with Crippen LogP contribution < -0.4 is 5.73 Å². The zero-order valence-electron chi connectivity index (χ0n) is 14.1. The Morgan fingerprint density at radius 1 is 1.12 bits per heavy atom. The minimum atomic E-state index is -0.00224. The van der Waals surface area contributed by atoms with E-state index in [-0.39, 0.29) is 12.0 Å². The number of carbonyl (C=O) groups is 1. The Kier molecular flexibility index (Phi) is 3.85. The highest BCUT2D eigenvalue weighted by Gasteiger charge is 2.23. The molecule has 1 aliphatic heterocycles. The third-order valence-electron chi connectivity index (χ3n) is 4.64. The van der Waals surface area contributed by atoms with Crippen LogP contribution in [0.5, 0.6) is 0 Å². The van der Waals surface area contributed by atoms with Crippen LogP contribution in [0, 0.1) is 0 Å². The van der Waals surface area contributed by atoms with Gasteiger partial charge in [0.05, 0.1) is 11.2 Å². The van der Waals surface area contributed by atoms with Crippen molar-refractivity contribution in [3.8, 4) is 11.3 Å². The molecule has 4 rings (SSSR count). The maximum atomic E-state index is 13.0. The number of carbonyl (C=O) groups excluding carboxylic acids is 1. The normalized spacial score (nSPS) is 15.6. The predicted octanol–water partition coefficient (Wildman–Crippen LogP) is 1.90. The summed E-state index contributed by atoms with van der Waals surface area (Å²) in [7, 11) is 2.07. The molecule has 2 aromatic heterocycles. The van der Waals surface area contributed by atoms with Crippen molar-refractivity contribution < 1.29 is 4.79 Å². The number of hydrogen-bond acceptors (Lipinski definition) is 5. The Morgan fingerprint density at radius 2 is 1.88 bits per heavy atom. The molecule has 128 valence electrons. The molecule has 3 aromatic rings. The first kappa shape index (κ1) is 15.6. The van der Waals surface area contributed by atoms with E-state index in [1.807, 2.05) is 41.4 Å². The SMILES string of the molecule is CN1CCN(C(=O)n2cc(-c3ccnc(N)n3)c3ccccc32)CC1. The Hall–Kier alpha value is -2.93. The maximum Gasteiger partial charge on any atom is 0.328 e. The Balaban J connectivity index is 1.79. The van der Waals surface area contributed by atoms with Crippen molar-refractivity contribution in [3.05, 3.63) is 42.7 Å². The topological polar surface area (TPSA) is 80.3 Å². The van der Waals surface area contributed by atoms with Gasteiger partial charge in [-0.15, -0.1) is 0 Å². The van der Waals surface area contributed by atoms with Crippen LogP contribution in [0.4, 0.5) is 10.7 Å². The molecule has 0 radical (unpaired) electrons. The molecule has 0 unspecified atom stereocenters. The molecule has 1 aliphatic rings. The van der Waals surface area contributed by atoms with E-state index in [1.165, 1.54) is 0 Å². The van der Waals surface area contributed by atoms with Gasteiger partial charge >= 0.3 is 6.03 Å². The molecule has 1 fully saturated rings. The molecule has 0 aliphatic carbocycles. The molecule has 3 heterocycles. The number of anilines is 1. The number of hydrogen-bond donors (Lipinski definition) is 1. The first-order valence-electron chi connectivity index (χ1n) is 8.30. The lowest BCUT2D eigenvalue weighted by Gasteiger charge is -2.32. The lowest BCUT2D eigenvalue weighted by molar-refractivity contribution is 0.156. The second-order valence-electron chi connectivity index (χ2n) is 6.30. The van der Waals surface area contributed by atoms with Crippen molar-refractivity contribution in [2.24, 2.45) is 0 Å². The second-order valence-corrected chi connectivity index (χ2v) is 6.30. The fraction of sp³-hybridized carbons (Fsp3) is 0.278. The third kappa shape index (κ3) is 2.83. The zero-order valence-corrected chi connectivity index (χ0v) is 14.1. The summed E-state index contributed by atoms with van der Waals surface area (Å²) < 4.78 is 1.72. The molecule has 0 atom stereocenters. The van der Waals surface area contributed by atoms with Crippen LogP contribution in [0.2, 0.25) is 0 Å². The number of nitrogen functional groups attached to an aromatic ring is 1. The maximum absolute atomic E-state index is 13.0. The Bertz CT molecular complexity index is 926. The summed E-state index contributed by atoms with van der Waals surface area (Å²) in [5, 5.41) is 0.975. The lowest BCUT2D eigenvalue weighted by atomic mass is 10.1. The van der Waals surface area contributed by atoms with Gasteiger partial charge in [-0.25, -0.2) is 14.8 Å². The van der Waals surface area contributed by atoms with E-state index in [0.29, 0.717) is 5.69 Å². The minimum Gasteiger partial charge on any atom is -0.368 e. The summed E-state index contributed by atoms with van der Waals surface area (Å²) in [5.41, 5.74) is 8.20. The van der Waals surface area contributed by atoms with Crippen molar-refractivity contribution >= 4 is 22.9 Å². The van der Waals surface area contributed by atoms with Gasteiger partial charge in [0.2, 0.25) is 5.95 Å². The van der Waals surface area contributed by atoms with Crippen LogP contribution in [0.15, 0.2) is 42.7 Å². The van der Waals surface area contributed by atoms with E-state index in [1.54, 1.807) is 10.8 Å². The molecule has 0 saturated carbocycles. The standard InChI is InChI=1S/C18H20N6O/c1-22-8-10-23(11-9-22)18(25)24-12-14(13-4-2-3-5-16(13)24)15-6-7-20-17(19)21-15/h2-7,12H,8-11H2,1H3,(H2,19,20,21). The smallest absolute Gasteiger partial charge is 0.328 e. The van der Waals surface area contributed by atoms with Gasteiger partial charge in [0.25, 0.3) is 0 Å². The summed E-state index contributed by atoms with van der Waals surface area (Å²) in [4.78, 5) is 25.4. The van der Waals surface area contributed by atoms with Gasteiger partial charge in [0, 0.05) is 49.5 Å². The van der Waals surface area contributed by atoms with E-state index in [2.05, 4.69) is 21.9 Å². The third-order valence-corrected chi connectivity index (χ3v) is 4.64. The van der Waals surface area contributed by atoms with Gasteiger partial charge in [-0.2, -0.15) is 0 Å². The van der Waals surface area contributed by atoms with E-state index in [0.717, 1.165) is 42.6 Å². The number of fused-ring (bicyclic) bond motifs is 1. The molecule has 1 aromatic carbocycles. The predicted molar refractivity (Wildman–Crippen MR) is 97.2 cm³/mol. The molecular weight excluding hydrogens is 316 g/mol. The molecule has 25 heavy (non-hydrogen) atoms. The van der Waals surface area contributed by atoms with E-state index in [9.17, 15) is 4.79 Å². The molecular formula is C18H20N6O. The van der Waals surface area contributed by atoms with Crippen LogP contribution in [0.25, 0.3) is 22.2 Å². The number of benzene rings is 1. The first-order valence-corrected chi connectivity index (χ1v) is 8.30. The quantitative estimate of drug-likeness (QED) is 0.734. The second kappa shape index (κ2) is 6.18. The van der Waals surface area contributed by atoms with Crippen molar-refractivity contribution in [2.75, 3.05) is 39.0 Å². The number of likely N-dealkylation sites (N-methyl/N-ethyl adjacent to an activating group) is 1. The van der Waals surface area contributed by atoms with Crippen LogP contribution in [-0.2, 0) is 0 Å². The van der Waals surface area contributed by atoms with E-state index >= 15 is 0 Å². The molecule has 7 nitrogen and oxygen atoms in total. The molecule has 0 bridgehead atoms. The highest BCUT2D eigenvalue weighted by Crippen LogP contribution is 2.30. The van der Waals surface area contributed by atoms with Crippen LogP contribution >= 0.6 is 0 Å². The summed E-state index contributed by atoms with van der Waals surface area (Å²) >= 11 is 0. The number of amides is 1. The average molecular weight is 336 g/mol. The van der Waals surface area contributed by atoms with Gasteiger partial charge in [0.1, 0.15) is 0 Å². The van der Waals surface area contributed by atoms with Gasteiger partial charge < -0.3 is 15.5 Å². The van der Waals surface area contributed by atoms with Gasteiger partial charge in [-0.1, -0.05) is 18.2 Å². The number of aromatic nitrogens is 3. The monoisotopic (exact) mass is 336 g/mol. The van der Waals surface area contributed by atoms with E-state index < -0.39 is 0 Å². The summed E-state index contributed by atoms with van der Waals surface area (Å²) in [6, 6.07) is 9.66. The van der Waals surface area contributed by atoms with Crippen molar-refractivity contribution in [2.45, 2.75) is 0 Å². The Morgan fingerprint density at radius 3 is 2.64 bits per heavy atom. The van der Waals surface area contributed by atoms with Gasteiger partial charge in [-0.05, 0) is 19.2 Å². The number of piperazine rings is 1. The number of nitrogens with zero attached hydrogens (tertiary/aromatic N) is 5. The fourth-order valence-electron chi connectivity index (χ4n) is 3.22. The zero-order chi connectivity index (χ0) is 17.4. The van der Waals surface area contributed by atoms with Crippen molar-refractivity contribution in [1.29, 1.82) is 0 Å². The average Bonchev–Trinajstić information content (AvgIpc) is 3.01. The summed E-state index contributed by atoms with van der Waals surface area (Å²) in [5.74, 6) is 0.222. The fourth-order valence-corrected chi connectivity index (χ4v) is 3.22. The molecule has 1 saturated heterocycles. The molecule has 7 heteroatoms. The minimum absolute atomic E-state index is 0.00224. The van der Waals surface area contributed by atoms with Gasteiger partial charge in [0.15, 0.2) is 0 Å². The number of nitrogens with two attached hydrogens (primary N) is 1. The van der Waals surface area contributed by atoms with E-state index in [4.69, 9.17) is 5.73 Å². The first-order chi connectivity index (χ1) is 12.1. The lowest BCUT2D eigenvalue weighted by Crippen LogP contribution is -2.48. The van der Waals surface area contributed by atoms with Crippen molar-refractivity contribution in [1.82, 2.24) is 24.3 Å². The highest BCUT2D eigenvalue weighted by molar-refractivity contribution is 6.00. The molecule has 0 spiro atoms. The largest absolute Gasteiger partial charge is 0.368 e. The highest BCUT2D eigenvalue weighted by atomic mass is 16.2. The Labute approximate surface area is 145 Å². The van der Waals surface area contributed by atoms with Gasteiger partial charge in [-0.3, -0.25) is 4.57 Å². The molecule has 1 amide bonds. The summed E-state index contributed by atoms with van der Waals surface area (Å²) in [6.07, 6.45) is 3.49. The van der Waals surface area contributed by atoms with Crippen molar-refractivity contribution in [3.63, 3.8) is 0 Å². The summed E-state index contributed by atoms with van der Waals surface area (Å²) in [6.45, 7) is 3.25. The number of para-hydroxylation sites is 1. The number of rotatable bonds is 1. The van der Waals surface area contributed by atoms with Crippen LogP contribution in [0.3, 0.4) is 0 Å². The molecule has 2 N–H and O–H groups in total. The van der Waals surface area contributed by atoms with Crippen LogP contribution in [0.1, 0.15) is 0 Å². The van der Waals surface area contributed by atoms with Crippen LogP contribution in [-0.4, -0.2) is 63.6 Å².